The largest absolute Gasteiger partial charge is 0.329 e. The molecule has 0 aliphatic carbocycles. The van der Waals surface area contributed by atoms with E-state index in [1.54, 1.807) is 23.2 Å². The van der Waals surface area contributed by atoms with Crippen LogP contribution in [-0.2, 0) is 4.79 Å². The molecule has 1 unspecified atom stereocenters. The summed E-state index contributed by atoms with van der Waals surface area (Å²) >= 11 is 1.67. The summed E-state index contributed by atoms with van der Waals surface area (Å²) in [6.07, 6.45) is 0.434. The van der Waals surface area contributed by atoms with Gasteiger partial charge in [-0.05, 0) is 30.9 Å². The summed E-state index contributed by atoms with van der Waals surface area (Å²) in [6, 6.07) is 2.07. The van der Waals surface area contributed by atoms with E-state index in [0.29, 0.717) is 19.5 Å². The quantitative estimate of drug-likeness (QED) is 0.892. The van der Waals surface area contributed by atoms with Crippen LogP contribution < -0.4 is 5.32 Å². The predicted molar refractivity (Wildman–Crippen MR) is 67.2 cm³/mol. The minimum atomic E-state index is -0.0657. The fourth-order valence-electron chi connectivity index (χ4n) is 1.96. The lowest BCUT2D eigenvalue weighted by Crippen LogP contribution is -2.29. The SMILES string of the molecule is CC(=O)CCN1CC(c2sccc2C)NC1=O. The number of nitrogens with one attached hydrogen (secondary N) is 1. The van der Waals surface area contributed by atoms with Crippen LogP contribution in [0.5, 0.6) is 0 Å². The number of carbonyl (C=O) groups is 2. The van der Waals surface area contributed by atoms with Crippen molar-refractivity contribution >= 4 is 23.2 Å². The number of carbonyl (C=O) groups excluding carboxylic acids is 2. The van der Waals surface area contributed by atoms with Gasteiger partial charge in [-0.3, -0.25) is 4.79 Å². The second-order valence-corrected chi connectivity index (χ2v) is 5.32. The highest BCUT2D eigenvalue weighted by atomic mass is 32.1. The van der Waals surface area contributed by atoms with Gasteiger partial charge in [0.2, 0.25) is 0 Å². The molecule has 92 valence electrons. The second-order valence-electron chi connectivity index (χ2n) is 4.37. The van der Waals surface area contributed by atoms with Crippen LogP contribution in [0.1, 0.15) is 29.8 Å². The minimum Gasteiger partial charge on any atom is -0.329 e. The normalized spacial score (nSPS) is 19.5. The average Bonchev–Trinajstić information content (AvgIpc) is 2.82. The number of thiophene rings is 1. The number of Topliss-reactive ketones (excluding diaryl/α,β-unsaturated/α-hetero) is 1. The van der Waals surface area contributed by atoms with Gasteiger partial charge in [-0.15, -0.1) is 11.3 Å². The summed E-state index contributed by atoms with van der Waals surface area (Å²) in [5.74, 6) is 0.119. The number of aryl methyl sites for hydroxylation is 1. The van der Waals surface area contributed by atoms with Crippen molar-refractivity contribution in [3.63, 3.8) is 0 Å². The zero-order chi connectivity index (χ0) is 12.4. The Morgan fingerprint density at radius 1 is 1.65 bits per heavy atom. The number of ketones is 1. The molecule has 4 nitrogen and oxygen atoms in total. The Morgan fingerprint density at radius 3 is 3.00 bits per heavy atom. The van der Waals surface area contributed by atoms with Gasteiger partial charge in [0.1, 0.15) is 5.78 Å². The molecule has 1 aromatic heterocycles. The highest BCUT2D eigenvalue weighted by Crippen LogP contribution is 2.27. The van der Waals surface area contributed by atoms with Crippen LogP contribution in [0.25, 0.3) is 0 Å². The van der Waals surface area contributed by atoms with Gasteiger partial charge < -0.3 is 10.2 Å². The first-order valence-electron chi connectivity index (χ1n) is 5.67. The molecule has 1 aliphatic heterocycles. The van der Waals surface area contributed by atoms with E-state index in [-0.39, 0.29) is 17.9 Å². The maximum atomic E-state index is 11.7. The lowest BCUT2D eigenvalue weighted by atomic mass is 10.2. The third-order valence-electron chi connectivity index (χ3n) is 2.94. The number of nitrogens with zero attached hydrogens (tertiary/aromatic N) is 1. The first-order valence-corrected chi connectivity index (χ1v) is 6.54. The van der Waals surface area contributed by atoms with Crippen LogP contribution >= 0.6 is 11.3 Å². The number of hydrogen-bond acceptors (Lipinski definition) is 3. The molecular weight excluding hydrogens is 236 g/mol. The number of rotatable bonds is 4. The van der Waals surface area contributed by atoms with Crippen molar-refractivity contribution in [2.75, 3.05) is 13.1 Å². The fraction of sp³-hybridized carbons (Fsp3) is 0.500. The Bertz CT molecular complexity index is 441. The molecule has 1 N–H and O–H groups in total. The van der Waals surface area contributed by atoms with Gasteiger partial charge >= 0.3 is 6.03 Å². The molecule has 17 heavy (non-hydrogen) atoms. The van der Waals surface area contributed by atoms with Crippen LogP contribution in [-0.4, -0.2) is 29.8 Å². The molecule has 0 saturated carbocycles. The van der Waals surface area contributed by atoms with E-state index >= 15 is 0 Å². The van der Waals surface area contributed by atoms with Crippen molar-refractivity contribution in [1.29, 1.82) is 0 Å². The highest BCUT2D eigenvalue weighted by Gasteiger charge is 2.30. The van der Waals surface area contributed by atoms with E-state index in [0.717, 1.165) is 0 Å². The molecule has 1 fully saturated rings. The lowest BCUT2D eigenvalue weighted by Gasteiger charge is -2.13. The maximum absolute atomic E-state index is 11.7. The van der Waals surface area contributed by atoms with E-state index in [1.165, 1.54) is 10.4 Å². The molecule has 0 bridgehead atoms. The molecule has 2 amide bonds. The van der Waals surface area contributed by atoms with Gasteiger partial charge in [0.05, 0.1) is 6.04 Å². The molecule has 1 aromatic rings. The summed E-state index contributed by atoms with van der Waals surface area (Å²) < 4.78 is 0. The Kier molecular flexibility index (Phi) is 3.47. The Morgan fingerprint density at radius 2 is 2.41 bits per heavy atom. The minimum absolute atomic E-state index is 0.0657. The first-order chi connectivity index (χ1) is 8.08. The summed E-state index contributed by atoms with van der Waals surface area (Å²) in [5, 5.41) is 4.99. The van der Waals surface area contributed by atoms with Crippen molar-refractivity contribution in [1.82, 2.24) is 10.2 Å². The summed E-state index contributed by atoms with van der Waals surface area (Å²) in [7, 11) is 0. The summed E-state index contributed by atoms with van der Waals surface area (Å²) in [4.78, 5) is 25.6. The van der Waals surface area contributed by atoms with Gasteiger partial charge in [0.15, 0.2) is 0 Å². The van der Waals surface area contributed by atoms with Gasteiger partial charge in [-0.25, -0.2) is 4.79 Å². The third-order valence-corrected chi connectivity index (χ3v) is 4.07. The van der Waals surface area contributed by atoms with E-state index in [4.69, 9.17) is 0 Å². The lowest BCUT2D eigenvalue weighted by molar-refractivity contribution is -0.117. The van der Waals surface area contributed by atoms with Crippen LogP contribution in [0.2, 0.25) is 0 Å². The van der Waals surface area contributed by atoms with E-state index in [9.17, 15) is 9.59 Å². The molecule has 0 aromatic carbocycles. The Balaban J connectivity index is 2.00. The van der Waals surface area contributed by atoms with Gasteiger partial charge in [-0.1, -0.05) is 0 Å². The zero-order valence-electron chi connectivity index (χ0n) is 10.0. The summed E-state index contributed by atoms with van der Waals surface area (Å²) in [6.45, 7) is 4.78. The predicted octanol–water partition coefficient (Wildman–Crippen LogP) is 2.10. The first kappa shape index (κ1) is 12.1. The average molecular weight is 252 g/mol. The standard InChI is InChI=1S/C12H16N2O2S/c1-8-4-6-17-11(8)10-7-14(12(16)13-10)5-3-9(2)15/h4,6,10H,3,5,7H2,1-2H3,(H,13,16). The third kappa shape index (κ3) is 2.66. The van der Waals surface area contributed by atoms with Crippen LogP contribution in [0.3, 0.4) is 0 Å². The molecule has 1 saturated heterocycles. The second kappa shape index (κ2) is 4.87. The van der Waals surface area contributed by atoms with Gasteiger partial charge in [-0.2, -0.15) is 0 Å². The van der Waals surface area contributed by atoms with Crippen molar-refractivity contribution in [2.24, 2.45) is 0 Å². The molecule has 5 heteroatoms. The van der Waals surface area contributed by atoms with Gasteiger partial charge in [0, 0.05) is 24.4 Å². The molecule has 1 aliphatic rings. The van der Waals surface area contributed by atoms with Crippen molar-refractivity contribution in [3.05, 3.63) is 21.9 Å². The van der Waals surface area contributed by atoms with Crippen molar-refractivity contribution in [3.8, 4) is 0 Å². The molecule has 2 rings (SSSR count). The topological polar surface area (TPSA) is 49.4 Å². The molecule has 1 atom stereocenters. The smallest absolute Gasteiger partial charge is 0.318 e. The van der Waals surface area contributed by atoms with E-state index in [2.05, 4.69) is 18.3 Å². The molecule has 0 spiro atoms. The maximum Gasteiger partial charge on any atom is 0.318 e. The van der Waals surface area contributed by atoms with E-state index < -0.39 is 0 Å². The molecule has 2 heterocycles. The number of hydrogen-bond donors (Lipinski definition) is 1. The van der Waals surface area contributed by atoms with E-state index in [1.807, 2.05) is 5.38 Å². The van der Waals surface area contributed by atoms with Crippen LogP contribution in [0.4, 0.5) is 4.79 Å². The number of amides is 2. The molecule has 0 radical (unpaired) electrons. The van der Waals surface area contributed by atoms with Crippen LogP contribution in [0, 0.1) is 6.92 Å². The van der Waals surface area contributed by atoms with Crippen molar-refractivity contribution < 1.29 is 9.59 Å². The zero-order valence-corrected chi connectivity index (χ0v) is 10.8. The van der Waals surface area contributed by atoms with Gasteiger partial charge in [0.25, 0.3) is 0 Å². The van der Waals surface area contributed by atoms with Crippen molar-refractivity contribution in [2.45, 2.75) is 26.3 Å². The Labute approximate surface area is 105 Å². The molecular formula is C12H16N2O2S. The monoisotopic (exact) mass is 252 g/mol. The Hall–Kier alpha value is -1.36. The number of urea groups is 1. The van der Waals surface area contributed by atoms with Crippen LogP contribution in [0.15, 0.2) is 11.4 Å². The fourth-order valence-corrected chi connectivity index (χ4v) is 2.93. The highest BCUT2D eigenvalue weighted by molar-refractivity contribution is 7.10. The summed E-state index contributed by atoms with van der Waals surface area (Å²) in [5.41, 5.74) is 1.22.